The normalized spacial score (nSPS) is 26.2. The van der Waals surface area contributed by atoms with E-state index in [1.165, 1.54) is 36.9 Å². The molecule has 1 aliphatic rings. The monoisotopic (exact) mass is 257 g/mol. The molecule has 2 unspecified atom stereocenters. The van der Waals surface area contributed by atoms with E-state index in [-0.39, 0.29) is 12.0 Å². The molecule has 0 amide bonds. The highest BCUT2D eigenvalue weighted by Gasteiger charge is 2.58. The highest BCUT2D eigenvalue weighted by molar-refractivity contribution is 5.88. The zero-order chi connectivity index (χ0) is 13.5. The van der Waals surface area contributed by atoms with E-state index in [2.05, 4.69) is 4.74 Å². The fourth-order valence-corrected chi connectivity index (χ4v) is 2.03. The molecule has 18 heavy (non-hydrogen) atoms. The molecule has 1 aromatic heterocycles. The minimum Gasteiger partial charge on any atom is -0.465 e. The van der Waals surface area contributed by atoms with E-state index in [9.17, 15) is 18.4 Å². The van der Waals surface area contributed by atoms with Gasteiger partial charge in [-0.25, -0.2) is 13.6 Å². The molecule has 2 rings (SSSR count). The predicted octanol–water partition coefficient (Wildman–Crippen LogP) is 1.85. The van der Waals surface area contributed by atoms with Crippen LogP contribution in [0, 0.1) is 5.41 Å². The minimum atomic E-state index is -2.49. The molecule has 0 N–H and O–H groups in total. The summed E-state index contributed by atoms with van der Waals surface area (Å²) in [6.07, 6.45) is -0.835. The van der Waals surface area contributed by atoms with Gasteiger partial charge in [0.2, 0.25) is 6.43 Å². The number of carbonyl (C=O) groups excluding carboxylic acids is 1. The number of hydrogen-bond donors (Lipinski definition) is 0. The molecule has 98 valence electrons. The van der Waals surface area contributed by atoms with E-state index in [0.29, 0.717) is 0 Å². The lowest BCUT2D eigenvalue weighted by atomic mass is 10.1. The number of aromatic nitrogens is 1. The quantitative estimate of drug-likeness (QED) is 0.776. The minimum absolute atomic E-state index is 0.136. The zero-order valence-electron chi connectivity index (χ0n) is 10.0. The van der Waals surface area contributed by atoms with Crippen molar-refractivity contribution in [2.24, 2.45) is 5.41 Å². The first-order valence-electron chi connectivity index (χ1n) is 5.49. The molecule has 0 spiro atoms. The van der Waals surface area contributed by atoms with Crippen molar-refractivity contribution in [3.63, 3.8) is 0 Å². The Kier molecular flexibility index (Phi) is 2.96. The summed E-state index contributed by atoms with van der Waals surface area (Å²) in [6.45, 7) is 1.43. The molecule has 1 heterocycles. The second kappa shape index (κ2) is 4.19. The Balaban J connectivity index is 2.38. The summed E-state index contributed by atoms with van der Waals surface area (Å²) in [4.78, 5) is 23.3. The van der Waals surface area contributed by atoms with Crippen molar-refractivity contribution in [2.45, 2.75) is 25.8 Å². The Labute approximate surface area is 102 Å². The van der Waals surface area contributed by atoms with Crippen molar-refractivity contribution in [2.75, 3.05) is 7.11 Å². The molecule has 1 fully saturated rings. The molecule has 0 bridgehead atoms. The highest BCUT2D eigenvalue weighted by atomic mass is 19.3. The third-order valence-corrected chi connectivity index (χ3v) is 3.45. The third kappa shape index (κ3) is 1.81. The van der Waals surface area contributed by atoms with Crippen molar-refractivity contribution >= 4 is 5.97 Å². The number of rotatable bonds is 3. The SMILES string of the molecule is COC(=O)c1cccn(C2CC2(C)C(F)F)c1=O. The molecule has 1 aliphatic carbocycles. The number of alkyl halides is 2. The molecule has 4 nitrogen and oxygen atoms in total. The number of carbonyl (C=O) groups is 1. The van der Waals surface area contributed by atoms with Crippen LogP contribution in [0.4, 0.5) is 8.78 Å². The second-order valence-electron chi connectivity index (χ2n) is 4.65. The largest absolute Gasteiger partial charge is 0.465 e. The first-order chi connectivity index (χ1) is 8.41. The predicted molar refractivity (Wildman–Crippen MR) is 59.8 cm³/mol. The third-order valence-electron chi connectivity index (χ3n) is 3.45. The summed E-state index contributed by atoms with van der Waals surface area (Å²) in [5.41, 5.74) is -1.90. The standard InChI is InChI=1S/C12H13F2NO3/c1-12(11(13)14)6-8(12)15-5-3-4-7(9(15)16)10(17)18-2/h3-5,8,11H,6H2,1-2H3. The Morgan fingerprint density at radius 1 is 1.61 bits per heavy atom. The molecule has 6 heteroatoms. The van der Waals surface area contributed by atoms with Gasteiger partial charge in [0.1, 0.15) is 5.56 Å². The Morgan fingerprint density at radius 2 is 2.28 bits per heavy atom. The second-order valence-corrected chi connectivity index (χ2v) is 4.65. The van der Waals surface area contributed by atoms with E-state index < -0.39 is 29.4 Å². The average molecular weight is 257 g/mol. The zero-order valence-corrected chi connectivity index (χ0v) is 10.0. The maximum Gasteiger partial charge on any atom is 0.343 e. The maximum absolute atomic E-state index is 12.8. The molecule has 0 radical (unpaired) electrons. The van der Waals surface area contributed by atoms with Crippen LogP contribution in [0.2, 0.25) is 0 Å². The summed E-state index contributed by atoms with van der Waals surface area (Å²) < 4.78 is 31.2. The van der Waals surface area contributed by atoms with Crippen LogP contribution in [0.3, 0.4) is 0 Å². The molecule has 0 aliphatic heterocycles. The number of nitrogens with zero attached hydrogens (tertiary/aromatic N) is 1. The van der Waals surface area contributed by atoms with Gasteiger partial charge < -0.3 is 9.30 Å². The number of esters is 1. The molecule has 2 atom stereocenters. The van der Waals surface area contributed by atoms with Gasteiger partial charge in [0.25, 0.3) is 5.56 Å². The van der Waals surface area contributed by atoms with Crippen molar-refractivity contribution in [3.8, 4) is 0 Å². The summed E-state index contributed by atoms with van der Waals surface area (Å²) in [5.74, 6) is -0.756. The van der Waals surface area contributed by atoms with E-state index in [1.807, 2.05) is 0 Å². The van der Waals surface area contributed by atoms with Crippen LogP contribution in [-0.2, 0) is 4.74 Å². The maximum atomic E-state index is 12.8. The van der Waals surface area contributed by atoms with Crippen LogP contribution in [0.1, 0.15) is 29.7 Å². The summed E-state index contributed by atoms with van der Waals surface area (Å²) in [5, 5.41) is 0. The molecule has 0 aromatic carbocycles. The van der Waals surface area contributed by atoms with Crippen LogP contribution in [0.15, 0.2) is 23.1 Å². The lowest BCUT2D eigenvalue weighted by Gasteiger charge is -2.12. The Bertz CT molecular complexity index is 540. The highest BCUT2D eigenvalue weighted by Crippen LogP contribution is 2.59. The van der Waals surface area contributed by atoms with Gasteiger partial charge in [0.05, 0.1) is 12.5 Å². The summed E-state index contributed by atoms with van der Waals surface area (Å²) in [6, 6.07) is 2.25. The van der Waals surface area contributed by atoms with E-state index in [1.54, 1.807) is 0 Å². The van der Waals surface area contributed by atoms with Crippen LogP contribution < -0.4 is 5.56 Å². The van der Waals surface area contributed by atoms with Gasteiger partial charge in [-0.1, -0.05) is 6.92 Å². The van der Waals surface area contributed by atoms with Gasteiger partial charge in [-0.15, -0.1) is 0 Å². The van der Waals surface area contributed by atoms with Crippen LogP contribution in [-0.4, -0.2) is 24.1 Å². The Morgan fingerprint density at radius 3 is 2.78 bits per heavy atom. The molecule has 1 saturated carbocycles. The first-order valence-corrected chi connectivity index (χ1v) is 5.49. The van der Waals surface area contributed by atoms with E-state index >= 15 is 0 Å². The van der Waals surface area contributed by atoms with Crippen molar-refractivity contribution < 1.29 is 18.3 Å². The number of halogens is 2. The first kappa shape index (κ1) is 12.7. The van der Waals surface area contributed by atoms with Crippen LogP contribution >= 0.6 is 0 Å². The lowest BCUT2D eigenvalue weighted by molar-refractivity contribution is 0.0595. The Hall–Kier alpha value is -1.72. The molecule has 1 aromatic rings. The van der Waals surface area contributed by atoms with Gasteiger partial charge in [0.15, 0.2) is 0 Å². The van der Waals surface area contributed by atoms with Gasteiger partial charge in [0, 0.05) is 12.2 Å². The van der Waals surface area contributed by atoms with E-state index in [0.717, 1.165) is 0 Å². The van der Waals surface area contributed by atoms with Gasteiger partial charge >= 0.3 is 5.97 Å². The number of methoxy groups -OCH3 is 1. The van der Waals surface area contributed by atoms with Crippen LogP contribution in [0.25, 0.3) is 0 Å². The average Bonchev–Trinajstić information content (AvgIpc) is 3.02. The van der Waals surface area contributed by atoms with Crippen molar-refractivity contribution in [3.05, 3.63) is 34.2 Å². The molecule has 0 saturated heterocycles. The summed E-state index contributed by atoms with van der Waals surface area (Å²) >= 11 is 0. The van der Waals surface area contributed by atoms with Crippen molar-refractivity contribution in [1.29, 1.82) is 0 Å². The fourth-order valence-electron chi connectivity index (χ4n) is 2.03. The molecular formula is C12H13F2NO3. The topological polar surface area (TPSA) is 48.3 Å². The van der Waals surface area contributed by atoms with Gasteiger partial charge in [-0.2, -0.15) is 0 Å². The van der Waals surface area contributed by atoms with Gasteiger partial charge in [-0.3, -0.25) is 4.79 Å². The number of ether oxygens (including phenoxy) is 1. The number of hydrogen-bond acceptors (Lipinski definition) is 3. The van der Waals surface area contributed by atoms with Gasteiger partial charge in [-0.05, 0) is 18.6 Å². The van der Waals surface area contributed by atoms with E-state index in [4.69, 9.17) is 0 Å². The van der Waals surface area contributed by atoms with Crippen molar-refractivity contribution in [1.82, 2.24) is 4.57 Å². The molecular weight excluding hydrogens is 244 g/mol. The summed E-state index contributed by atoms with van der Waals surface area (Å²) in [7, 11) is 1.17. The van der Waals surface area contributed by atoms with Crippen LogP contribution in [0.5, 0.6) is 0 Å². The lowest BCUT2D eigenvalue weighted by Crippen LogP contribution is -2.28. The smallest absolute Gasteiger partial charge is 0.343 e. The number of pyridine rings is 1. The fraction of sp³-hybridized carbons (Fsp3) is 0.500.